The van der Waals surface area contributed by atoms with Crippen molar-refractivity contribution < 1.29 is 32.7 Å². The predicted octanol–water partition coefficient (Wildman–Crippen LogP) is 0.668. The molecule has 1 unspecified atom stereocenters. The molecule has 29 heavy (non-hydrogen) atoms. The zero-order valence-corrected chi connectivity index (χ0v) is 14.4. The summed E-state index contributed by atoms with van der Waals surface area (Å²) in [6.07, 6.45) is -5.00. The van der Waals surface area contributed by atoms with Crippen LogP contribution in [0.15, 0.2) is 30.5 Å². The summed E-state index contributed by atoms with van der Waals surface area (Å²) in [6.45, 7) is -0.662. The molecule has 0 aliphatic carbocycles. The highest BCUT2D eigenvalue weighted by atomic mass is 19.4. The van der Waals surface area contributed by atoms with E-state index in [1.165, 1.54) is 0 Å². The molecular weight excluding hydrogens is 397 g/mol. The largest absolute Gasteiger partial charge is 0.478 e. The Morgan fingerprint density at radius 2 is 1.86 bits per heavy atom. The van der Waals surface area contributed by atoms with Crippen LogP contribution in [0.5, 0.6) is 0 Å². The van der Waals surface area contributed by atoms with Gasteiger partial charge in [0.1, 0.15) is 0 Å². The number of carboxylic acid groups (broad SMARTS) is 1. The van der Waals surface area contributed by atoms with Crippen molar-refractivity contribution in [1.82, 2.24) is 15.3 Å². The Kier molecular flexibility index (Phi) is 5.07. The molecular formula is C16H13F3N6O4. The normalized spacial score (nSPS) is 15.7. The number of hydrogen-bond donors (Lipinski definition) is 4. The van der Waals surface area contributed by atoms with Crippen LogP contribution in [0.25, 0.3) is 0 Å². The highest BCUT2D eigenvalue weighted by Gasteiger charge is 2.43. The number of halogens is 3. The van der Waals surface area contributed by atoms with E-state index in [9.17, 15) is 27.6 Å². The number of amides is 2. The van der Waals surface area contributed by atoms with Gasteiger partial charge in [0, 0.05) is 5.69 Å². The van der Waals surface area contributed by atoms with Gasteiger partial charge in [-0.2, -0.15) is 13.2 Å². The number of carboxylic acids is 1. The van der Waals surface area contributed by atoms with Crippen LogP contribution in [0.3, 0.4) is 0 Å². The summed E-state index contributed by atoms with van der Waals surface area (Å²) >= 11 is 0. The second-order valence-electron chi connectivity index (χ2n) is 5.90. The van der Waals surface area contributed by atoms with Gasteiger partial charge in [-0.15, -0.1) is 0 Å². The Hall–Kier alpha value is -3.74. The molecule has 13 heteroatoms. The topological polar surface area (TPSA) is 151 Å². The fourth-order valence-electron chi connectivity index (χ4n) is 2.54. The average Bonchev–Trinajstić information content (AvgIpc) is 2.65. The number of rotatable bonds is 4. The van der Waals surface area contributed by atoms with Crippen molar-refractivity contribution in [1.29, 1.82) is 0 Å². The zero-order valence-electron chi connectivity index (χ0n) is 14.4. The molecule has 2 heterocycles. The van der Waals surface area contributed by atoms with Crippen molar-refractivity contribution in [3.05, 3.63) is 47.4 Å². The maximum Gasteiger partial charge on any atom is 0.471 e. The zero-order chi connectivity index (χ0) is 21.3. The van der Waals surface area contributed by atoms with Crippen molar-refractivity contribution in [2.45, 2.75) is 19.0 Å². The third-order valence-corrected chi connectivity index (χ3v) is 3.85. The molecule has 1 atom stereocenters. The van der Waals surface area contributed by atoms with E-state index in [4.69, 9.17) is 10.8 Å². The van der Waals surface area contributed by atoms with Gasteiger partial charge in [0.15, 0.2) is 17.8 Å². The summed E-state index contributed by atoms with van der Waals surface area (Å²) in [5.74, 6) is -4.10. The number of nitrogens with one attached hydrogen (secondary N) is 2. The van der Waals surface area contributed by atoms with Crippen molar-refractivity contribution >= 4 is 29.3 Å². The number of aromatic nitrogens is 2. The van der Waals surface area contributed by atoms with Gasteiger partial charge in [-0.3, -0.25) is 20.2 Å². The Bertz CT molecular complexity index is 980. The lowest BCUT2D eigenvalue weighted by Crippen LogP contribution is -2.51. The molecule has 1 aromatic heterocycles. The number of hydrogen-bond acceptors (Lipinski definition) is 7. The molecule has 0 bridgehead atoms. The molecule has 0 radical (unpaired) electrons. The molecule has 1 aliphatic rings. The Labute approximate surface area is 160 Å². The second kappa shape index (κ2) is 7.35. The van der Waals surface area contributed by atoms with E-state index in [1.54, 1.807) is 0 Å². The molecule has 0 saturated heterocycles. The standard InChI is InChI=1S/C16H13F3N6O4/c17-16(18,19)14(29)25(9-3-1-7(2-4-9)13(27)28)6-8-5-21-11-10(22-8)12(26)24-15(20)23-11/h1-5,15H,6,20H2,(H,21,23)(H,24,26)(H,27,28). The van der Waals surface area contributed by atoms with Crippen LogP contribution in [0.1, 0.15) is 26.5 Å². The molecule has 152 valence electrons. The van der Waals surface area contributed by atoms with Crippen LogP contribution in [0.2, 0.25) is 0 Å². The quantitative estimate of drug-likeness (QED) is 0.574. The number of carbonyl (C=O) groups excluding carboxylic acids is 2. The van der Waals surface area contributed by atoms with Gasteiger partial charge >= 0.3 is 18.1 Å². The minimum atomic E-state index is -5.20. The van der Waals surface area contributed by atoms with Crippen LogP contribution < -0.4 is 21.3 Å². The maximum atomic E-state index is 13.1. The highest BCUT2D eigenvalue weighted by Crippen LogP contribution is 2.26. The van der Waals surface area contributed by atoms with Crippen molar-refractivity contribution in [3.8, 4) is 0 Å². The molecule has 0 spiro atoms. The van der Waals surface area contributed by atoms with Gasteiger partial charge < -0.3 is 15.7 Å². The number of anilines is 2. The summed E-state index contributed by atoms with van der Waals surface area (Å²) in [7, 11) is 0. The average molecular weight is 410 g/mol. The van der Waals surface area contributed by atoms with Gasteiger partial charge in [0.25, 0.3) is 5.91 Å². The molecule has 0 saturated carbocycles. The van der Waals surface area contributed by atoms with Crippen molar-refractivity contribution in [2.75, 3.05) is 10.2 Å². The Balaban J connectivity index is 1.95. The molecule has 10 nitrogen and oxygen atoms in total. The van der Waals surface area contributed by atoms with Crippen LogP contribution in [-0.4, -0.2) is 45.3 Å². The Morgan fingerprint density at radius 3 is 2.45 bits per heavy atom. The van der Waals surface area contributed by atoms with Crippen molar-refractivity contribution in [3.63, 3.8) is 0 Å². The van der Waals surface area contributed by atoms with Crippen LogP contribution in [-0.2, 0) is 11.3 Å². The van der Waals surface area contributed by atoms with Gasteiger partial charge in [-0.1, -0.05) is 0 Å². The first-order valence-corrected chi connectivity index (χ1v) is 7.97. The SMILES string of the molecule is NC1NC(=O)c2nc(CN(C(=O)C(F)(F)F)c3ccc(C(=O)O)cc3)cnc2N1. The molecule has 0 fully saturated rings. The number of fused-ring (bicyclic) bond motifs is 1. The molecule has 5 N–H and O–H groups in total. The van der Waals surface area contributed by atoms with E-state index in [0.717, 1.165) is 30.5 Å². The van der Waals surface area contributed by atoms with Gasteiger partial charge in [0.2, 0.25) is 0 Å². The first kappa shape index (κ1) is 20.0. The molecule has 2 aromatic rings. The summed E-state index contributed by atoms with van der Waals surface area (Å²) in [4.78, 5) is 43.0. The maximum absolute atomic E-state index is 13.1. The number of aromatic carboxylic acids is 1. The number of benzene rings is 1. The molecule has 2 amide bonds. The number of nitrogens with zero attached hydrogens (tertiary/aromatic N) is 3. The number of carbonyl (C=O) groups is 3. The van der Waals surface area contributed by atoms with Gasteiger partial charge in [-0.25, -0.2) is 14.8 Å². The lowest BCUT2D eigenvalue weighted by molar-refractivity contribution is -0.170. The first-order valence-electron chi connectivity index (χ1n) is 7.97. The lowest BCUT2D eigenvalue weighted by Gasteiger charge is -2.25. The lowest BCUT2D eigenvalue weighted by atomic mass is 10.2. The minimum Gasteiger partial charge on any atom is -0.478 e. The smallest absolute Gasteiger partial charge is 0.471 e. The fourth-order valence-corrected chi connectivity index (χ4v) is 2.54. The van der Waals surface area contributed by atoms with Gasteiger partial charge in [-0.05, 0) is 24.3 Å². The molecule has 3 rings (SSSR count). The minimum absolute atomic E-state index is 0.0458. The van der Waals surface area contributed by atoms with E-state index < -0.39 is 36.8 Å². The summed E-state index contributed by atoms with van der Waals surface area (Å²) in [5, 5.41) is 13.9. The van der Waals surface area contributed by atoms with Crippen LogP contribution in [0.4, 0.5) is 24.7 Å². The third kappa shape index (κ3) is 4.24. The molecule has 1 aromatic carbocycles. The monoisotopic (exact) mass is 410 g/mol. The number of nitrogens with two attached hydrogens (primary N) is 1. The van der Waals surface area contributed by atoms with Crippen LogP contribution in [0, 0.1) is 0 Å². The second-order valence-corrected chi connectivity index (χ2v) is 5.90. The van der Waals surface area contributed by atoms with E-state index in [1.807, 2.05) is 0 Å². The fraction of sp³-hybridized carbons (Fsp3) is 0.188. The highest BCUT2D eigenvalue weighted by molar-refractivity contribution is 5.99. The summed E-state index contributed by atoms with van der Waals surface area (Å²) < 4.78 is 39.2. The van der Waals surface area contributed by atoms with E-state index in [2.05, 4.69) is 20.6 Å². The first-order chi connectivity index (χ1) is 13.6. The molecule has 1 aliphatic heterocycles. The predicted molar refractivity (Wildman–Crippen MR) is 91.7 cm³/mol. The van der Waals surface area contributed by atoms with E-state index in [-0.39, 0.29) is 28.5 Å². The van der Waals surface area contributed by atoms with Crippen molar-refractivity contribution in [2.24, 2.45) is 5.73 Å². The van der Waals surface area contributed by atoms with Crippen LogP contribution >= 0.6 is 0 Å². The third-order valence-electron chi connectivity index (χ3n) is 3.85. The van der Waals surface area contributed by atoms with Gasteiger partial charge in [0.05, 0.1) is 24.0 Å². The summed E-state index contributed by atoms with van der Waals surface area (Å²) in [5.41, 5.74) is 4.86. The summed E-state index contributed by atoms with van der Waals surface area (Å²) in [6, 6.07) is 4.25. The number of alkyl halides is 3. The Morgan fingerprint density at radius 1 is 1.21 bits per heavy atom. The van der Waals surface area contributed by atoms with E-state index in [0.29, 0.717) is 4.90 Å². The van der Waals surface area contributed by atoms with E-state index >= 15 is 0 Å².